The maximum Gasteiger partial charge on any atom is 0.339 e. The zero-order valence-corrected chi connectivity index (χ0v) is 13.3. The third-order valence-electron chi connectivity index (χ3n) is 2.61. The van der Waals surface area contributed by atoms with Gasteiger partial charge in [0.25, 0.3) is 0 Å². The smallest absolute Gasteiger partial charge is 0.339 e. The number of carbonyl (C=O) groups is 1. The van der Waals surface area contributed by atoms with Crippen molar-refractivity contribution in [2.75, 3.05) is 0 Å². The minimum Gasteiger partial charge on any atom is -0.481 e. The molecule has 8 heteroatoms. The number of halogens is 2. The van der Waals surface area contributed by atoms with Crippen LogP contribution in [0, 0.1) is 0 Å². The molecule has 0 aliphatic rings. The topological polar surface area (TPSA) is 80.7 Å². The average molecular weight is 361 g/mol. The van der Waals surface area contributed by atoms with Gasteiger partial charge in [0, 0.05) is 10.0 Å². The van der Waals surface area contributed by atoms with Crippen molar-refractivity contribution >= 4 is 39.3 Å². The highest BCUT2D eigenvalue weighted by molar-refractivity contribution is 7.87. The Kier molecular flexibility index (Phi) is 4.95. The lowest BCUT2D eigenvalue weighted by Gasteiger charge is -2.08. The van der Waals surface area contributed by atoms with Crippen LogP contribution in [-0.2, 0) is 21.3 Å². The highest BCUT2D eigenvalue weighted by atomic mass is 35.5. The van der Waals surface area contributed by atoms with Gasteiger partial charge in [0.2, 0.25) is 0 Å². The Morgan fingerprint density at radius 3 is 2.09 bits per heavy atom. The van der Waals surface area contributed by atoms with E-state index in [0.717, 1.165) is 0 Å². The third-order valence-corrected chi connectivity index (χ3v) is 4.27. The fraction of sp³-hybridized carbons (Fsp3) is 0.0714. The Balaban J connectivity index is 2.23. The molecule has 0 aliphatic heterocycles. The minimum absolute atomic E-state index is 0.0604. The van der Waals surface area contributed by atoms with Crippen LogP contribution < -0.4 is 4.18 Å². The van der Waals surface area contributed by atoms with Crippen LogP contribution >= 0.6 is 23.2 Å². The first-order valence-electron chi connectivity index (χ1n) is 5.97. The lowest BCUT2D eigenvalue weighted by atomic mass is 10.1. The summed E-state index contributed by atoms with van der Waals surface area (Å²) in [6, 6.07) is 9.56. The molecule has 0 bridgehead atoms. The first-order chi connectivity index (χ1) is 10.3. The number of benzene rings is 2. The van der Waals surface area contributed by atoms with Crippen molar-refractivity contribution in [1.29, 1.82) is 0 Å². The Hall–Kier alpha value is -1.76. The molecule has 116 valence electrons. The van der Waals surface area contributed by atoms with Gasteiger partial charge < -0.3 is 9.29 Å². The van der Waals surface area contributed by atoms with E-state index in [0.29, 0.717) is 5.56 Å². The maximum absolute atomic E-state index is 12.1. The van der Waals surface area contributed by atoms with Crippen LogP contribution in [-0.4, -0.2) is 19.5 Å². The number of carboxylic acid groups (broad SMARTS) is 1. The van der Waals surface area contributed by atoms with Crippen molar-refractivity contribution in [3.63, 3.8) is 0 Å². The number of rotatable bonds is 5. The van der Waals surface area contributed by atoms with Gasteiger partial charge in [-0.2, -0.15) is 8.42 Å². The quantitative estimate of drug-likeness (QED) is 0.826. The van der Waals surface area contributed by atoms with E-state index in [2.05, 4.69) is 0 Å². The van der Waals surface area contributed by atoms with Gasteiger partial charge in [-0.1, -0.05) is 35.3 Å². The summed E-state index contributed by atoms with van der Waals surface area (Å²) in [5.74, 6) is -0.917. The summed E-state index contributed by atoms with van der Waals surface area (Å²) in [5, 5.41) is 9.02. The first kappa shape index (κ1) is 16.6. The molecule has 1 N–H and O–H groups in total. The zero-order chi connectivity index (χ0) is 16.3. The van der Waals surface area contributed by atoms with E-state index in [1.54, 1.807) is 0 Å². The second-order valence-electron chi connectivity index (χ2n) is 4.36. The number of carboxylic acids is 1. The molecule has 0 saturated heterocycles. The number of hydrogen-bond donors (Lipinski definition) is 1. The number of hydrogen-bond acceptors (Lipinski definition) is 4. The highest BCUT2D eigenvalue weighted by Gasteiger charge is 2.18. The first-order valence-corrected chi connectivity index (χ1v) is 8.14. The summed E-state index contributed by atoms with van der Waals surface area (Å²) in [7, 11) is -4.08. The van der Waals surface area contributed by atoms with Crippen LogP contribution in [0.3, 0.4) is 0 Å². The van der Waals surface area contributed by atoms with Gasteiger partial charge in [-0.15, -0.1) is 0 Å². The van der Waals surface area contributed by atoms with E-state index in [4.69, 9.17) is 32.5 Å². The van der Waals surface area contributed by atoms with Crippen molar-refractivity contribution in [3.8, 4) is 5.75 Å². The van der Waals surface area contributed by atoms with Gasteiger partial charge in [0.05, 0.1) is 6.42 Å². The van der Waals surface area contributed by atoms with E-state index in [1.807, 2.05) is 0 Å². The SMILES string of the molecule is O=C(O)Cc1ccc(OS(=O)(=O)c2cc(Cl)cc(Cl)c2)cc1. The fourth-order valence-corrected chi connectivity index (χ4v) is 3.34. The fourth-order valence-electron chi connectivity index (χ4n) is 1.69. The Bertz CT molecular complexity index is 780. The van der Waals surface area contributed by atoms with Crippen LogP contribution in [0.15, 0.2) is 47.4 Å². The van der Waals surface area contributed by atoms with Crippen molar-refractivity contribution in [2.24, 2.45) is 0 Å². The Morgan fingerprint density at radius 2 is 1.59 bits per heavy atom. The highest BCUT2D eigenvalue weighted by Crippen LogP contribution is 2.25. The lowest BCUT2D eigenvalue weighted by Crippen LogP contribution is -2.10. The summed E-state index contributed by atoms with van der Waals surface area (Å²) in [6.45, 7) is 0. The van der Waals surface area contributed by atoms with E-state index in [1.165, 1.54) is 42.5 Å². The molecule has 22 heavy (non-hydrogen) atoms. The van der Waals surface area contributed by atoms with Crippen LogP contribution in [0.25, 0.3) is 0 Å². The van der Waals surface area contributed by atoms with E-state index >= 15 is 0 Å². The standard InChI is InChI=1S/C14H10Cl2O5S/c15-10-6-11(16)8-13(7-10)22(19,20)21-12-3-1-9(2-4-12)5-14(17)18/h1-4,6-8H,5H2,(H,17,18). The maximum atomic E-state index is 12.1. The molecule has 0 aliphatic carbocycles. The average Bonchev–Trinajstić information content (AvgIpc) is 2.39. The molecular weight excluding hydrogens is 351 g/mol. The molecule has 0 amide bonds. The molecule has 0 aromatic heterocycles. The molecule has 5 nitrogen and oxygen atoms in total. The molecular formula is C14H10Cl2O5S. The van der Waals surface area contributed by atoms with Gasteiger partial charge >= 0.3 is 16.1 Å². The van der Waals surface area contributed by atoms with Gasteiger partial charge in [-0.3, -0.25) is 4.79 Å². The predicted molar refractivity (Wildman–Crippen MR) is 82.1 cm³/mol. The number of aliphatic carboxylic acids is 1. The van der Waals surface area contributed by atoms with Crippen molar-refractivity contribution in [1.82, 2.24) is 0 Å². The van der Waals surface area contributed by atoms with E-state index in [9.17, 15) is 13.2 Å². The molecule has 2 rings (SSSR count). The van der Waals surface area contributed by atoms with E-state index in [-0.39, 0.29) is 27.1 Å². The summed E-state index contributed by atoms with van der Waals surface area (Å²) in [5.41, 5.74) is 0.531. The lowest BCUT2D eigenvalue weighted by molar-refractivity contribution is -0.136. The van der Waals surface area contributed by atoms with Crippen molar-refractivity contribution in [2.45, 2.75) is 11.3 Å². The van der Waals surface area contributed by atoms with Gasteiger partial charge in [-0.25, -0.2) is 0 Å². The summed E-state index contributed by atoms with van der Waals surface area (Å²) in [6.07, 6.45) is -0.156. The van der Waals surface area contributed by atoms with Gasteiger partial charge in [0.1, 0.15) is 10.6 Å². The van der Waals surface area contributed by atoms with Crippen molar-refractivity contribution < 1.29 is 22.5 Å². The predicted octanol–water partition coefficient (Wildman–Crippen LogP) is 3.39. The van der Waals surface area contributed by atoms with Crippen LogP contribution in [0.1, 0.15) is 5.56 Å². The summed E-state index contributed by atoms with van der Waals surface area (Å²) in [4.78, 5) is 10.4. The third kappa shape index (κ3) is 4.37. The Morgan fingerprint density at radius 1 is 1.05 bits per heavy atom. The van der Waals surface area contributed by atoms with Gasteiger partial charge in [-0.05, 0) is 35.9 Å². The van der Waals surface area contributed by atoms with Crippen LogP contribution in [0.2, 0.25) is 10.0 Å². The summed E-state index contributed by atoms with van der Waals surface area (Å²) < 4.78 is 29.2. The minimum atomic E-state index is -4.08. The molecule has 0 spiro atoms. The largest absolute Gasteiger partial charge is 0.481 e. The molecule has 0 atom stereocenters. The zero-order valence-electron chi connectivity index (χ0n) is 11.0. The van der Waals surface area contributed by atoms with Crippen LogP contribution in [0.4, 0.5) is 0 Å². The van der Waals surface area contributed by atoms with Crippen molar-refractivity contribution in [3.05, 3.63) is 58.1 Å². The molecule has 0 radical (unpaired) electrons. The second-order valence-corrected chi connectivity index (χ2v) is 6.78. The molecule has 0 heterocycles. The summed E-state index contributed by atoms with van der Waals surface area (Å²) >= 11 is 11.5. The molecule has 2 aromatic carbocycles. The molecule has 0 fully saturated rings. The molecule has 2 aromatic rings. The normalized spacial score (nSPS) is 11.2. The molecule has 0 unspecified atom stereocenters. The van der Waals surface area contributed by atoms with E-state index < -0.39 is 16.1 Å². The second kappa shape index (κ2) is 6.56. The Labute approximate surface area is 137 Å². The van der Waals surface area contributed by atoms with Crippen LogP contribution in [0.5, 0.6) is 5.75 Å². The monoisotopic (exact) mass is 360 g/mol. The molecule has 0 saturated carbocycles. The van der Waals surface area contributed by atoms with Gasteiger partial charge in [0.15, 0.2) is 0 Å².